The lowest BCUT2D eigenvalue weighted by Crippen LogP contribution is -2.55. The van der Waals surface area contributed by atoms with Crippen LogP contribution in [0.15, 0.2) is 37.1 Å². The fraction of sp³-hybridized carbons (Fsp3) is 0.520. The van der Waals surface area contributed by atoms with Crippen LogP contribution in [-0.2, 0) is 22.6 Å². The fourth-order valence-electron chi connectivity index (χ4n) is 5.10. The standard InChI is InChI=1S/C25H34N4O2/c1-5-9-29-16-19-15-22(25(31)28-12-10-27(11-13-28)18(4)30)26-21(14-17(2)3)20-7-6-8-23(29)24(19)20/h5-8,16-17,21-22,26H,1,9-15H2,2-4H3/t21-,22-/m0/s1. The van der Waals surface area contributed by atoms with Crippen molar-refractivity contribution < 1.29 is 9.59 Å². The number of allylic oxidation sites excluding steroid dienone is 1. The predicted octanol–water partition coefficient (Wildman–Crippen LogP) is 3.12. The van der Waals surface area contributed by atoms with Gasteiger partial charge in [-0.15, -0.1) is 6.58 Å². The van der Waals surface area contributed by atoms with Gasteiger partial charge in [-0.25, -0.2) is 0 Å². The summed E-state index contributed by atoms with van der Waals surface area (Å²) in [5.74, 6) is 0.743. The van der Waals surface area contributed by atoms with Crippen molar-refractivity contribution in [1.82, 2.24) is 19.7 Å². The molecule has 2 aliphatic rings. The van der Waals surface area contributed by atoms with Gasteiger partial charge in [0.15, 0.2) is 0 Å². The molecule has 4 rings (SSSR count). The Morgan fingerprint density at radius 2 is 1.90 bits per heavy atom. The Morgan fingerprint density at radius 3 is 2.55 bits per heavy atom. The Balaban J connectivity index is 1.66. The minimum absolute atomic E-state index is 0.0816. The molecule has 1 aromatic heterocycles. The first-order valence-electron chi connectivity index (χ1n) is 11.4. The van der Waals surface area contributed by atoms with Crippen LogP contribution in [0.4, 0.5) is 0 Å². The second-order valence-electron chi connectivity index (χ2n) is 9.27. The summed E-state index contributed by atoms with van der Waals surface area (Å²) in [6, 6.07) is 6.38. The number of nitrogens with zero attached hydrogens (tertiary/aromatic N) is 3. The van der Waals surface area contributed by atoms with Crippen LogP contribution in [0.3, 0.4) is 0 Å². The molecule has 6 nitrogen and oxygen atoms in total. The van der Waals surface area contributed by atoms with Crippen LogP contribution in [-0.4, -0.2) is 58.4 Å². The van der Waals surface area contributed by atoms with Crippen LogP contribution in [0.25, 0.3) is 10.9 Å². The number of nitrogens with one attached hydrogen (secondary N) is 1. The molecule has 0 radical (unpaired) electrons. The van der Waals surface area contributed by atoms with Crippen molar-refractivity contribution in [2.24, 2.45) is 5.92 Å². The minimum atomic E-state index is -0.261. The van der Waals surface area contributed by atoms with Crippen molar-refractivity contribution >= 4 is 22.7 Å². The Morgan fingerprint density at radius 1 is 1.19 bits per heavy atom. The Labute approximate surface area is 184 Å². The molecule has 2 amide bonds. The molecule has 0 spiro atoms. The van der Waals surface area contributed by atoms with Crippen LogP contribution in [0.1, 0.15) is 44.4 Å². The van der Waals surface area contributed by atoms with E-state index in [-0.39, 0.29) is 23.9 Å². The molecule has 0 aliphatic carbocycles. The lowest BCUT2D eigenvalue weighted by atomic mass is 9.94. The van der Waals surface area contributed by atoms with Crippen LogP contribution in [0.2, 0.25) is 0 Å². The van der Waals surface area contributed by atoms with Crippen molar-refractivity contribution in [3.05, 3.63) is 48.2 Å². The normalized spacial score (nSPS) is 21.4. The van der Waals surface area contributed by atoms with E-state index < -0.39 is 0 Å². The molecule has 0 unspecified atom stereocenters. The Hall–Kier alpha value is -2.60. The van der Waals surface area contributed by atoms with E-state index in [4.69, 9.17) is 0 Å². The zero-order valence-electron chi connectivity index (χ0n) is 18.9. The van der Waals surface area contributed by atoms with Crippen molar-refractivity contribution in [2.75, 3.05) is 26.2 Å². The summed E-state index contributed by atoms with van der Waals surface area (Å²) < 4.78 is 2.24. The van der Waals surface area contributed by atoms with Crippen LogP contribution in [0.5, 0.6) is 0 Å². The van der Waals surface area contributed by atoms with E-state index in [1.54, 1.807) is 6.92 Å². The van der Waals surface area contributed by atoms with Crippen LogP contribution >= 0.6 is 0 Å². The predicted molar refractivity (Wildman–Crippen MR) is 124 cm³/mol. The summed E-state index contributed by atoms with van der Waals surface area (Å²) in [4.78, 5) is 29.0. The fourth-order valence-corrected chi connectivity index (χ4v) is 5.10. The summed E-state index contributed by atoms with van der Waals surface area (Å²) >= 11 is 0. The number of benzene rings is 1. The summed E-state index contributed by atoms with van der Waals surface area (Å²) in [5, 5.41) is 5.01. The van der Waals surface area contributed by atoms with E-state index in [0.29, 0.717) is 38.5 Å². The summed E-state index contributed by atoms with van der Waals surface area (Å²) in [5.41, 5.74) is 3.73. The zero-order chi connectivity index (χ0) is 22.1. The highest BCUT2D eigenvalue weighted by Gasteiger charge is 2.34. The van der Waals surface area contributed by atoms with Crippen LogP contribution in [0, 0.1) is 5.92 Å². The average molecular weight is 423 g/mol. The van der Waals surface area contributed by atoms with E-state index >= 15 is 0 Å². The first kappa shape index (κ1) is 21.6. The second-order valence-corrected chi connectivity index (χ2v) is 9.27. The molecule has 2 aromatic rings. The maximum atomic E-state index is 13.6. The third kappa shape index (κ3) is 4.26. The highest BCUT2D eigenvalue weighted by atomic mass is 16.2. The van der Waals surface area contributed by atoms with Gasteiger partial charge in [0.05, 0.1) is 6.04 Å². The molecule has 166 valence electrons. The molecule has 1 fully saturated rings. The molecule has 31 heavy (non-hydrogen) atoms. The van der Waals surface area contributed by atoms with Gasteiger partial charge in [-0.05, 0) is 36.0 Å². The van der Waals surface area contributed by atoms with Crippen molar-refractivity contribution in [1.29, 1.82) is 0 Å². The molecule has 0 saturated carbocycles. The van der Waals surface area contributed by atoms with Gasteiger partial charge >= 0.3 is 0 Å². The first-order valence-corrected chi connectivity index (χ1v) is 11.4. The maximum absolute atomic E-state index is 13.6. The Kier molecular flexibility index (Phi) is 6.19. The zero-order valence-corrected chi connectivity index (χ0v) is 18.9. The lowest BCUT2D eigenvalue weighted by Gasteiger charge is -2.36. The van der Waals surface area contributed by atoms with Gasteiger partial charge in [-0.2, -0.15) is 0 Å². The third-order valence-corrected chi connectivity index (χ3v) is 6.59. The van der Waals surface area contributed by atoms with Gasteiger partial charge in [0.2, 0.25) is 11.8 Å². The molecule has 2 aliphatic heterocycles. The number of hydrogen-bond donors (Lipinski definition) is 1. The monoisotopic (exact) mass is 422 g/mol. The molecular weight excluding hydrogens is 388 g/mol. The van der Waals surface area contributed by atoms with Gasteiger partial charge in [0.25, 0.3) is 0 Å². The average Bonchev–Trinajstić information content (AvgIpc) is 3.01. The van der Waals surface area contributed by atoms with Crippen molar-refractivity contribution in [2.45, 2.75) is 52.2 Å². The van der Waals surface area contributed by atoms with Gasteiger partial charge in [-0.3, -0.25) is 14.9 Å². The number of rotatable bonds is 5. The van der Waals surface area contributed by atoms with Gasteiger partial charge in [0, 0.05) is 62.8 Å². The number of carbonyl (C=O) groups is 2. The first-order chi connectivity index (χ1) is 14.9. The molecule has 1 aromatic carbocycles. The molecule has 1 saturated heterocycles. The smallest absolute Gasteiger partial charge is 0.240 e. The SMILES string of the molecule is C=CCn1cc2c3c(cccc31)[C@H](CC(C)C)N[C@H](C(=O)N1CCN(C(C)=O)CC1)C2. The van der Waals surface area contributed by atoms with E-state index in [1.165, 1.54) is 22.0 Å². The molecular formula is C25H34N4O2. The summed E-state index contributed by atoms with van der Waals surface area (Å²) in [7, 11) is 0. The maximum Gasteiger partial charge on any atom is 0.240 e. The van der Waals surface area contributed by atoms with Gasteiger partial charge in [0.1, 0.15) is 0 Å². The van der Waals surface area contributed by atoms with Gasteiger partial charge in [-0.1, -0.05) is 32.1 Å². The molecule has 1 N–H and O–H groups in total. The van der Waals surface area contributed by atoms with Gasteiger partial charge < -0.3 is 14.4 Å². The summed E-state index contributed by atoms with van der Waals surface area (Å²) in [6.07, 6.45) is 5.77. The molecule has 3 heterocycles. The number of hydrogen-bond acceptors (Lipinski definition) is 3. The van der Waals surface area contributed by atoms with E-state index in [2.05, 4.69) is 54.7 Å². The highest BCUT2D eigenvalue weighted by Crippen LogP contribution is 2.36. The quantitative estimate of drug-likeness (QED) is 0.754. The molecule has 2 atom stereocenters. The second kappa shape index (κ2) is 8.87. The lowest BCUT2D eigenvalue weighted by molar-refractivity contribution is -0.140. The number of piperazine rings is 1. The van der Waals surface area contributed by atoms with E-state index in [9.17, 15) is 9.59 Å². The van der Waals surface area contributed by atoms with Crippen molar-refractivity contribution in [3.63, 3.8) is 0 Å². The van der Waals surface area contributed by atoms with E-state index in [1.807, 2.05) is 15.9 Å². The topological polar surface area (TPSA) is 57.6 Å². The van der Waals surface area contributed by atoms with E-state index in [0.717, 1.165) is 13.0 Å². The van der Waals surface area contributed by atoms with Crippen LogP contribution < -0.4 is 5.32 Å². The largest absolute Gasteiger partial charge is 0.343 e. The number of carbonyl (C=O) groups excluding carboxylic acids is 2. The third-order valence-electron chi connectivity index (χ3n) is 6.59. The number of aromatic nitrogens is 1. The molecule has 0 bridgehead atoms. The highest BCUT2D eigenvalue weighted by molar-refractivity contribution is 5.90. The minimum Gasteiger partial charge on any atom is -0.343 e. The molecule has 6 heteroatoms. The Bertz CT molecular complexity index is 985. The summed E-state index contributed by atoms with van der Waals surface area (Å²) in [6.45, 7) is 13.2. The number of amides is 2. The van der Waals surface area contributed by atoms with Crippen molar-refractivity contribution in [3.8, 4) is 0 Å².